The van der Waals surface area contributed by atoms with E-state index in [1.165, 1.54) is 14.2 Å². The van der Waals surface area contributed by atoms with Crippen molar-refractivity contribution >= 4 is 17.6 Å². The molecule has 0 aliphatic rings. The van der Waals surface area contributed by atoms with Crippen LogP contribution < -0.4 is 9.47 Å². The highest BCUT2D eigenvalue weighted by Crippen LogP contribution is 2.38. The van der Waals surface area contributed by atoms with E-state index >= 15 is 0 Å². The molecular weight excluding hydrogens is 334 g/mol. The standard InChI is InChI=1S/C16H21NO8/c1-4-5-6-7-14(18)25-15(16(19)20)10-8-12(23-2)13(24-3)9-11(10)17(21)22/h8-9,15H,4-7H2,1-3H3,(H,19,20). The van der Waals surface area contributed by atoms with E-state index < -0.39 is 28.7 Å². The Morgan fingerprint density at radius 3 is 2.28 bits per heavy atom. The molecule has 9 nitrogen and oxygen atoms in total. The molecule has 0 spiro atoms. The first-order valence-electron chi connectivity index (χ1n) is 7.68. The Morgan fingerprint density at radius 2 is 1.80 bits per heavy atom. The number of methoxy groups -OCH3 is 2. The molecule has 0 saturated carbocycles. The zero-order chi connectivity index (χ0) is 19.0. The molecule has 0 amide bonds. The molecule has 1 N–H and O–H groups in total. The zero-order valence-electron chi connectivity index (χ0n) is 14.3. The van der Waals surface area contributed by atoms with Gasteiger partial charge in [-0.2, -0.15) is 0 Å². The predicted molar refractivity (Wildman–Crippen MR) is 86.8 cm³/mol. The maximum atomic E-state index is 11.9. The fourth-order valence-electron chi connectivity index (χ4n) is 2.21. The van der Waals surface area contributed by atoms with E-state index in [4.69, 9.17) is 14.2 Å². The molecule has 1 unspecified atom stereocenters. The molecule has 0 fully saturated rings. The van der Waals surface area contributed by atoms with Gasteiger partial charge in [-0.15, -0.1) is 0 Å². The summed E-state index contributed by atoms with van der Waals surface area (Å²) in [6, 6.07) is 2.17. The van der Waals surface area contributed by atoms with Crippen molar-refractivity contribution < 1.29 is 33.8 Å². The lowest BCUT2D eigenvalue weighted by molar-refractivity contribution is -0.386. The molecule has 1 rings (SSSR count). The Balaban J connectivity index is 3.23. The number of unbranched alkanes of at least 4 members (excludes halogenated alkanes) is 2. The molecular formula is C16H21NO8. The number of carboxylic acids is 1. The lowest BCUT2D eigenvalue weighted by Crippen LogP contribution is -2.20. The number of hydrogen-bond donors (Lipinski definition) is 1. The third-order valence-corrected chi connectivity index (χ3v) is 3.47. The number of carbonyl (C=O) groups is 2. The van der Waals surface area contributed by atoms with Crippen LogP contribution in [0.4, 0.5) is 5.69 Å². The van der Waals surface area contributed by atoms with Gasteiger partial charge in [-0.05, 0) is 12.5 Å². The van der Waals surface area contributed by atoms with Crippen molar-refractivity contribution in [3.63, 3.8) is 0 Å². The zero-order valence-corrected chi connectivity index (χ0v) is 14.3. The number of nitro groups is 1. The summed E-state index contributed by atoms with van der Waals surface area (Å²) in [5, 5.41) is 20.7. The monoisotopic (exact) mass is 355 g/mol. The minimum absolute atomic E-state index is 0.0404. The summed E-state index contributed by atoms with van der Waals surface area (Å²) >= 11 is 0. The highest BCUT2D eigenvalue weighted by molar-refractivity contribution is 5.81. The minimum atomic E-state index is -1.81. The van der Waals surface area contributed by atoms with Gasteiger partial charge in [-0.3, -0.25) is 14.9 Å². The minimum Gasteiger partial charge on any atom is -0.493 e. The molecule has 0 radical (unpaired) electrons. The van der Waals surface area contributed by atoms with Crippen molar-refractivity contribution in [2.75, 3.05) is 14.2 Å². The number of benzene rings is 1. The van der Waals surface area contributed by atoms with Gasteiger partial charge < -0.3 is 19.3 Å². The fourth-order valence-corrected chi connectivity index (χ4v) is 2.21. The average molecular weight is 355 g/mol. The first-order chi connectivity index (χ1) is 11.8. The van der Waals surface area contributed by atoms with Gasteiger partial charge in [0.15, 0.2) is 11.5 Å². The Morgan fingerprint density at radius 1 is 1.20 bits per heavy atom. The van der Waals surface area contributed by atoms with Crippen molar-refractivity contribution in [3.05, 3.63) is 27.8 Å². The van der Waals surface area contributed by atoms with Gasteiger partial charge in [-0.1, -0.05) is 19.8 Å². The van der Waals surface area contributed by atoms with Crippen molar-refractivity contribution in [1.82, 2.24) is 0 Å². The number of carboxylic acid groups (broad SMARTS) is 1. The van der Waals surface area contributed by atoms with Crippen LogP contribution in [0, 0.1) is 10.1 Å². The summed E-state index contributed by atoms with van der Waals surface area (Å²) in [6.45, 7) is 1.96. The lowest BCUT2D eigenvalue weighted by Gasteiger charge is -2.16. The normalized spacial score (nSPS) is 11.5. The first-order valence-corrected chi connectivity index (χ1v) is 7.68. The molecule has 0 heterocycles. The number of nitrogens with zero attached hydrogens (tertiary/aromatic N) is 1. The quantitative estimate of drug-likeness (QED) is 0.294. The van der Waals surface area contributed by atoms with Gasteiger partial charge in [-0.25, -0.2) is 4.79 Å². The maximum Gasteiger partial charge on any atom is 0.350 e. The van der Waals surface area contributed by atoms with E-state index in [2.05, 4.69) is 0 Å². The summed E-state index contributed by atoms with van der Waals surface area (Å²) in [5.41, 5.74) is -0.828. The number of carbonyl (C=O) groups excluding carboxylic acids is 1. The van der Waals surface area contributed by atoms with Crippen LogP contribution in [0.25, 0.3) is 0 Å². The number of esters is 1. The van der Waals surface area contributed by atoms with Crippen molar-refractivity contribution in [3.8, 4) is 11.5 Å². The topological polar surface area (TPSA) is 125 Å². The third-order valence-electron chi connectivity index (χ3n) is 3.47. The molecule has 0 aliphatic heterocycles. The molecule has 0 saturated heterocycles. The highest BCUT2D eigenvalue weighted by Gasteiger charge is 2.33. The van der Waals surface area contributed by atoms with E-state index in [0.29, 0.717) is 6.42 Å². The van der Waals surface area contributed by atoms with Crippen LogP contribution in [0.3, 0.4) is 0 Å². The molecule has 138 valence electrons. The third kappa shape index (κ3) is 5.33. The summed E-state index contributed by atoms with van der Waals surface area (Å²) in [5.74, 6) is -2.09. The molecule has 9 heteroatoms. The largest absolute Gasteiger partial charge is 0.493 e. The summed E-state index contributed by atoms with van der Waals surface area (Å²) in [6.07, 6.45) is 0.462. The van der Waals surface area contributed by atoms with Crippen molar-refractivity contribution in [2.24, 2.45) is 0 Å². The van der Waals surface area contributed by atoms with E-state index in [9.17, 15) is 24.8 Å². The van der Waals surface area contributed by atoms with Gasteiger partial charge in [0.05, 0.1) is 30.8 Å². The molecule has 0 bridgehead atoms. The Kier molecular flexibility index (Phi) is 7.64. The summed E-state index contributed by atoms with van der Waals surface area (Å²) in [4.78, 5) is 33.9. The second-order valence-corrected chi connectivity index (χ2v) is 5.19. The predicted octanol–water partition coefficient (Wildman–Crippen LogP) is 2.86. The van der Waals surface area contributed by atoms with Gasteiger partial charge >= 0.3 is 11.9 Å². The van der Waals surface area contributed by atoms with E-state index in [-0.39, 0.29) is 23.5 Å². The number of ether oxygens (including phenoxy) is 3. The van der Waals surface area contributed by atoms with Crippen LogP contribution >= 0.6 is 0 Å². The van der Waals surface area contributed by atoms with Gasteiger partial charge in [0.2, 0.25) is 6.10 Å². The molecule has 0 aliphatic carbocycles. The van der Waals surface area contributed by atoms with Crippen LogP contribution in [0.5, 0.6) is 11.5 Å². The molecule has 0 aromatic heterocycles. The van der Waals surface area contributed by atoms with Crippen LogP contribution in [0.1, 0.15) is 44.3 Å². The summed E-state index contributed by atoms with van der Waals surface area (Å²) in [7, 11) is 2.60. The first kappa shape index (κ1) is 20.2. The number of nitro benzene ring substituents is 1. The maximum absolute atomic E-state index is 11.9. The van der Waals surface area contributed by atoms with E-state index in [1.54, 1.807) is 0 Å². The Bertz CT molecular complexity index is 643. The van der Waals surface area contributed by atoms with E-state index in [0.717, 1.165) is 25.0 Å². The van der Waals surface area contributed by atoms with Crippen molar-refractivity contribution in [1.29, 1.82) is 0 Å². The number of rotatable bonds is 10. The van der Waals surface area contributed by atoms with Crippen molar-refractivity contribution in [2.45, 2.75) is 38.7 Å². The van der Waals surface area contributed by atoms with Gasteiger partial charge in [0.25, 0.3) is 5.69 Å². The van der Waals surface area contributed by atoms with Crippen LogP contribution in [0.2, 0.25) is 0 Å². The Hall–Kier alpha value is -2.84. The van der Waals surface area contributed by atoms with Gasteiger partial charge in [0, 0.05) is 6.42 Å². The highest BCUT2D eigenvalue weighted by atomic mass is 16.6. The average Bonchev–Trinajstić information content (AvgIpc) is 2.58. The number of aliphatic carboxylic acids is 1. The molecule has 1 aromatic rings. The van der Waals surface area contributed by atoms with Crippen LogP contribution in [-0.2, 0) is 14.3 Å². The summed E-state index contributed by atoms with van der Waals surface area (Å²) < 4.78 is 15.0. The fraction of sp³-hybridized carbons (Fsp3) is 0.500. The molecule has 1 atom stereocenters. The van der Waals surface area contributed by atoms with Crippen LogP contribution in [-0.4, -0.2) is 36.2 Å². The van der Waals surface area contributed by atoms with Crippen LogP contribution in [0.15, 0.2) is 12.1 Å². The second-order valence-electron chi connectivity index (χ2n) is 5.19. The molecule has 1 aromatic carbocycles. The van der Waals surface area contributed by atoms with E-state index in [1.807, 2.05) is 6.92 Å². The SMILES string of the molecule is CCCCCC(=O)OC(C(=O)O)c1cc(OC)c(OC)cc1[N+](=O)[O-]. The number of hydrogen-bond acceptors (Lipinski definition) is 7. The smallest absolute Gasteiger partial charge is 0.350 e. The Labute approximate surface area is 144 Å². The van der Waals surface area contributed by atoms with Gasteiger partial charge in [0.1, 0.15) is 0 Å². The second kappa shape index (κ2) is 9.45. The molecule has 25 heavy (non-hydrogen) atoms. The lowest BCUT2D eigenvalue weighted by atomic mass is 10.1.